The number of methoxy groups -OCH3 is 3. The largest absolute Gasteiger partial charge is 0.495 e. The molecule has 2 N–H and O–H groups in total. The van der Waals surface area contributed by atoms with Crippen LogP contribution in [0.15, 0.2) is 39.8 Å². The number of likely N-dealkylation sites (tertiary alicyclic amines) is 1. The number of rotatable bonds is 13. The number of hydrogen-bond donors (Lipinski definition) is 2. The van der Waals surface area contributed by atoms with E-state index in [0.717, 1.165) is 59.5 Å². The number of halogens is 1. The molecule has 12 nitrogen and oxygen atoms in total. The molecule has 1 amide bonds. The standard InChI is InChI=1S/C32H42IN6O6PS.C2H6/c1-8-9-11-20-16-28(35-39(20)46-33)34-22-18-24-21(17-25(22)41-5)30(36-45-24)37-47-29-26(42-6)14-19(15-27(29)43-7)23-12-10-13-38(23)31(40)44-32(2,3)4;1-2/h14-18,23,46H,8-13H2,1-7H3,(H,34,35)(H,36,37);1-2H3. The second-order valence-electron chi connectivity index (χ2n) is 12.1. The molecule has 2 aromatic carbocycles. The summed E-state index contributed by atoms with van der Waals surface area (Å²) >= 11 is 3.65. The predicted octanol–water partition coefficient (Wildman–Crippen LogP) is 10.1. The molecule has 268 valence electrons. The third-order valence-corrected chi connectivity index (χ3v) is 10.5. The van der Waals surface area contributed by atoms with Crippen molar-refractivity contribution < 1.29 is 28.3 Å². The minimum atomic E-state index is -0.574. The summed E-state index contributed by atoms with van der Waals surface area (Å²) in [6, 6.07) is 9.60. The molecule has 0 saturated carbocycles. The Bertz CT molecular complexity index is 1690. The first-order chi connectivity index (χ1) is 23.6. The molecule has 15 heteroatoms. The van der Waals surface area contributed by atoms with Gasteiger partial charge in [0.15, 0.2) is 17.2 Å². The number of anilines is 3. The van der Waals surface area contributed by atoms with Crippen molar-refractivity contribution in [2.45, 2.75) is 90.2 Å². The van der Waals surface area contributed by atoms with Crippen LogP contribution in [0.5, 0.6) is 17.2 Å². The molecule has 2 aromatic heterocycles. The SMILES string of the molecule is CC.CCCCc1cc(Nc2cc3onc(NSc4c(OC)cc(C5CCCN5C(=O)OC(C)(C)C)cc4OC)c3cc2OC)nn1PI. The Morgan fingerprint density at radius 3 is 2.39 bits per heavy atom. The predicted molar refractivity (Wildman–Crippen MR) is 208 cm³/mol. The molecule has 4 aromatic rings. The average molecular weight is 827 g/mol. The summed E-state index contributed by atoms with van der Waals surface area (Å²) in [6.07, 6.45) is 5.12. The molecule has 1 fully saturated rings. The van der Waals surface area contributed by atoms with E-state index in [-0.39, 0.29) is 12.1 Å². The molecule has 2 atom stereocenters. The molecule has 5 rings (SSSR count). The van der Waals surface area contributed by atoms with Crippen LogP contribution >= 0.6 is 40.4 Å². The molecule has 1 aliphatic rings. The number of nitrogens with zero attached hydrogens (tertiary/aromatic N) is 4. The number of fused-ring (bicyclic) bond motifs is 1. The minimum Gasteiger partial charge on any atom is -0.495 e. The maximum atomic E-state index is 13.0. The zero-order valence-corrected chi connectivity index (χ0v) is 33.7. The van der Waals surface area contributed by atoms with Crippen molar-refractivity contribution in [1.82, 2.24) is 19.6 Å². The molecule has 0 spiro atoms. The van der Waals surface area contributed by atoms with Gasteiger partial charge >= 0.3 is 6.09 Å². The van der Waals surface area contributed by atoms with Gasteiger partial charge in [-0.15, -0.1) is 0 Å². The lowest BCUT2D eigenvalue weighted by Crippen LogP contribution is -2.36. The zero-order valence-electron chi connectivity index (χ0n) is 29.7. The zero-order chi connectivity index (χ0) is 35.7. The van der Waals surface area contributed by atoms with Gasteiger partial charge in [-0.2, -0.15) is 5.10 Å². The van der Waals surface area contributed by atoms with E-state index in [9.17, 15) is 4.79 Å². The highest BCUT2D eigenvalue weighted by atomic mass is 127. The molecule has 49 heavy (non-hydrogen) atoms. The molecular weight excluding hydrogens is 778 g/mol. The van der Waals surface area contributed by atoms with Crippen LogP contribution in [0.25, 0.3) is 11.0 Å². The molecule has 2 unspecified atom stereocenters. The topological polar surface area (TPSA) is 125 Å². The smallest absolute Gasteiger partial charge is 0.410 e. The van der Waals surface area contributed by atoms with Crippen molar-refractivity contribution in [2.24, 2.45) is 0 Å². The van der Waals surface area contributed by atoms with E-state index in [0.29, 0.717) is 41.6 Å². The Morgan fingerprint density at radius 1 is 1.08 bits per heavy atom. The lowest BCUT2D eigenvalue weighted by atomic mass is 10.0. The van der Waals surface area contributed by atoms with Crippen LogP contribution in [0.2, 0.25) is 0 Å². The number of hydrogen-bond acceptors (Lipinski definition) is 11. The highest BCUT2D eigenvalue weighted by Gasteiger charge is 2.34. The second kappa shape index (κ2) is 17.7. The Balaban J connectivity index is 0.00000265. The summed E-state index contributed by atoms with van der Waals surface area (Å²) < 4.78 is 34.1. The Kier molecular flexibility index (Phi) is 14.0. The van der Waals surface area contributed by atoms with Gasteiger partial charge in [-0.3, -0.25) is 0 Å². The van der Waals surface area contributed by atoms with Crippen molar-refractivity contribution >= 4 is 74.7 Å². The lowest BCUT2D eigenvalue weighted by Gasteiger charge is -2.29. The summed E-state index contributed by atoms with van der Waals surface area (Å²) in [5.41, 5.74) is 2.85. The van der Waals surface area contributed by atoms with Gasteiger partial charge in [-0.05, 0) is 104 Å². The summed E-state index contributed by atoms with van der Waals surface area (Å²) in [4.78, 5) is 15.5. The number of unbranched alkanes of at least 4 members (excludes halogenated alkanes) is 1. The molecule has 0 bridgehead atoms. The van der Waals surface area contributed by atoms with E-state index in [1.807, 2.05) is 63.3 Å². The highest BCUT2D eigenvalue weighted by Crippen LogP contribution is 2.45. The lowest BCUT2D eigenvalue weighted by molar-refractivity contribution is 0.0224. The number of nitrogens with one attached hydrogen (secondary N) is 2. The Morgan fingerprint density at radius 2 is 1.78 bits per heavy atom. The summed E-state index contributed by atoms with van der Waals surface area (Å²) in [7, 11) is 4.86. The minimum absolute atomic E-state index is 0.145. The van der Waals surface area contributed by atoms with Crippen LogP contribution < -0.4 is 24.2 Å². The normalized spacial score (nSPS) is 14.6. The number of aromatic nitrogens is 3. The second-order valence-corrected chi connectivity index (χ2v) is 15.0. The fourth-order valence-corrected chi connectivity index (χ4v) is 7.99. The monoisotopic (exact) mass is 826 g/mol. The number of benzene rings is 2. The van der Waals surface area contributed by atoms with E-state index in [1.165, 1.54) is 17.6 Å². The van der Waals surface area contributed by atoms with Crippen LogP contribution in [-0.4, -0.2) is 59.2 Å². The molecule has 1 saturated heterocycles. The van der Waals surface area contributed by atoms with Crippen molar-refractivity contribution in [1.29, 1.82) is 0 Å². The van der Waals surface area contributed by atoms with Crippen LogP contribution in [0.1, 0.15) is 84.5 Å². The van der Waals surface area contributed by atoms with Gasteiger partial charge < -0.3 is 38.4 Å². The van der Waals surface area contributed by atoms with Gasteiger partial charge in [0, 0.05) is 24.4 Å². The van der Waals surface area contributed by atoms with Gasteiger partial charge in [-0.25, -0.2) is 9.25 Å². The van der Waals surface area contributed by atoms with E-state index in [4.69, 9.17) is 28.6 Å². The van der Waals surface area contributed by atoms with Crippen LogP contribution in [0.4, 0.5) is 22.1 Å². The number of amides is 1. The van der Waals surface area contributed by atoms with Crippen LogP contribution in [0, 0.1) is 0 Å². The first kappa shape index (κ1) is 38.7. The highest BCUT2D eigenvalue weighted by molar-refractivity contribution is 14.2. The van der Waals surface area contributed by atoms with Crippen molar-refractivity contribution in [3.05, 3.63) is 41.6 Å². The Hall–Kier alpha value is -3.10. The van der Waals surface area contributed by atoms with Crippen molar-refractivity contribution in [2.75, 3.05) is 37.9 Å². The fraction of sp³-hybridized carbons (Fsp3) is 0.500. The van der Waals surface area contributed by atoms with E-state index < -0.39 is 5.60 Å². The van der Waals surface area contributed by atoms with Crippen LogP contribution in [0.3, 0.4) is 0 Å². The Labute approximate surface area is 308 Å². The van der Waals surface area contributed by atoms with Crippen molar-refractivity contribution in [3.8, 4) is 17.2 Å². The maximum absolute atomic E-state index is 13.0. The number of carbonyl (C=O) groups is 1. The molecular formula is C34H48IN6O6PS. The third kappa shape index (κ3) is 9.37. The molecule has 0 aliphatic carbocycles. The van der Waals surface area contributed by atoms with Gasteiger partial charge in [0.05, 0.1) is 44.8 Å². The average Bonchev–Trinajstić information content (AvgIpc) is 3.84. The maximum Gasteiger partial charge on any atom is 0.410 e. The van der Waals surface area contributed by atoms with E-state index >= 15 is 0 Å². The number of aryl methyl sites for hydroxylation is 1. The quantitative estimate of drug-likeness (QED) is 0.0760. The van der Waals surface area contributed by atoms with E-state index in [1.54, 1.807) is 26.2 Å². The molecule has 1 aliphatic heterocycles. The summed E-state index contributed by atoms with van der Waals surface area (Å²) in [5, 5.41) is 13.2. The third-order valence-electron chi connectivity index (χ3n) is 7.70. The molecule has 0 radical (unpaired) electrons. The van der Waals surface area contributed by atoms with E-state index in [2.05, 4.69) is 50.2 Å². The van der Waals surface area contributed by atoms with Gasteiger partial charge in [0.25, 0.3) is 0 Å². The summed E-state index contributed by atoms with van der Waals surface area (Å²) in [6.45, 7) is 12.4. The van der Waals surface area contributed by atoms with Gasteiger partial charge in [-0.1, -0.05) is 32.3 Å². The van der Waals surface area contributed by atoms with Gasteiger partial charge in [0.2, 0.25) is 0 Å². The molecule has 3 heterocycles. The summed E-state index contributed by atoms with van der Waals surface area (Å²) in [5.74, 6) is 3.11. The van der Waals surface area contributed by atoms with Crippen molar-refractivity contribution in [3.63, 3.8) is 0 Å². The first-order valence-corrected chi connectivity index (χ1v) is 21.3. The van der Waals surface area contributed by atoms with Crippen LogP contribution in [-0.2, 0) is 11.2 Å². The first-order valence-electron chi connectivity index (χ1n) is 16.5. The number of ether oxygens (including phenoxy) is 4. The van der Waals surface area contributed by atoms with Gasteiger partial charge in [0.1, 0.15) is 27.7 Å². The number of carbonyl (C=O) groups excluding carboxylic acids is 1. The fourth-order valence-electron chi connectivity index (χ4n) is 5.48.